The highest BCUT2D eigenvalue weighted by molar-refractivity contribution is 5.92. The van der Waals surface area contributed by atoms with Crippen LogP contribution in [-0.4, -0.2) is 51.7 Å². The maximum absolute atomic E-state index is 12.0. The van der Waals surface area contributed by atoms with E-state index in [9.17, 15) is 9.59 Å². The molecule has 0 bridgehead atoms. The summed E-state index contributed by atoms with van der Waals surface area (Å²) in [5.74, 6) is 1.35. The Kier molecular flexibility index (Phi) is 5.43. The van der Waals surface area contributed by atoms with Crippen LogP contribution in [0.5, 0.6) is 5.75 Å². The molecular formula is C21H26N6O3. The number of carbonyl (C=O) groups excluding carboxylic acids is 1. The fraction of sp³-hybridized carbons (Fsp3) is 0.429. The molecule has 1 fully saturated rings. The fourth-order valence-corrected chi connectivity index (χ4v) is 3.69. The summed E-state index contributed by atoms with van der Waals surface area (Å²) in [7, 11) is 1.58. The molecule has 9 nitrogen and oxygen atoms in total. The number of hydrogen-bond acceptors (Lipinski definition) is 6. The molecule has 0 aromatic carbocycles. The van der Waals surface area contributed by atoms with Crippen molar-refractivity contribution in [2.45, 2.75) is 39.2 Å². The van der Waals surface area contributed by atoms with Gasteiger partial charge in [0.05, 0.1) is 5.69 Å². The average Bonchev–Trinajstić information content (AvgIpc) is 3.17. The number of rotatable bonds is 5. The molecule has 2 N–H and O–H groups in total. The summed E-state index contributed by atoms with van der Waals surface area (Å²) in [6.45, 7) is 5.41. The zero-order valence-corrected chi connectivity index (χ0v) is 17.4. The summed E-state index contributed by atoms with van der Waals surface area (Å²) >= 11 is 0. The number of pyridine rings is 1. The lowest BCUT2D eigenvalue weighted by Crippen LogP contribution is -2.38. The highest BCUT2D eigenvalue weighted by Crippen LogP contribution is 2.24. The molecular weight excluding hydrogens is 384 g/mol. The molecule has 0 unspecified atom stereocenters. The Bertz CT molecular complexity index is 1130. The fourth-order valence-electron chi connectivity index (χ4n) is 3.69. The third-order valence-electron chi connectivity index (χ3n) is 5.47. The molecule has 9 heteroatoms. The van der Waals surface area contributed by atoms with E-state index in [0.717, 1.165) is 37.3 Å². The minimum absolute atomic E-state index is 0.0602. The Morgan fingerprint density at radius 2 is 2.10 bits per heavy atom. The lowest BCUT2D eigenvalue weighted by atomic mass is 10.1. The van der Waals surface area contributed by atoms with E-state index in [4.69, 9.17) is 4.74 Å². The molecule has 0 spiro atoms. The van der Waals surface area contributed by atoms with Crippen molar-refractivity contribution >= 4 is 17.4 Å². The van der Waals surface area contributed by atoms with Crippen molar-refractivity contribution in [3.8, 4) is 5.75 Å². The van der Waals surface area contributed by atoms with Crippen LogP contribution in [-0.2, 0) is 6.42 Å². The average molecular weight is 410 g/mol. The molecule has 0 aliphatic carbocycles. The molecule has 1 aliphatic rings. The number of aromatic nitrogens is 4. The number of hydrogen-bond donors (Lipinski definition) is 2. The van der Waals surface area contributed by atoms with Gasteiger partial charge in [0, 0.05) is 50.8 Å². The summed E-state index contributed by atoms with van der Waals surface area (Å²) in [5, 5.41) is 7.20. The molecule has 1 aliphatic heterocycles. The van der Waals surface area contributed by atoms with Crippen LogP contribution < -0.4 is 20.5 Å². The van der Waals surface area contributed by atoms with Gasteiger partial charge in [-0.25, -0.2) is 9.50 Å². The summed E-state index contributed by atoms with van der Waals surface area (Å²) in [4.78, 5) is 33.1. The quantitative estimate of drug-likeness (QED) is 0.663. The van der Waals surface area contributed by atoms with E-state index in [0.29, 0.717) is 29.2 Å². The van der Waals surface area contributed by atoms with Crippen LogP contribution >= 0.6 is 0 Å². The summed E-state index contributed by atoms with van der Waals surface area (Å²) in [5.41, 5.74) is 2.44. The third-order valence-corrected chi connectivity index (χ3v) is 5.47. The van der Waals surface area contributed by atoms with Gasteiger partial charge in [-0.2, -0.15) is 0 Å². The van der Waals surface area contributed by atoms with E-state index in [1.165, 1.54) is 0 Å². The van der Waals surface area contributed by atoms with Crippen LogP contribution in [0, 0.1) is 6.92 Å². The van der Waals surface area contributed by atoms with Crippen molar-refractivity contribution in [1.29, 1.82) is 0 Å². The maximum atomic E-state index is 12.0. The number of aromatic amines is 1. The van der Waals surface area contributed by atoms with Crippen molar-refractivity contribution in [3.05, 3.63) is 51.7 Å². The van der Waals surface area contributed by atoms with E-state index < -0.39 is 0 Å². The zero-order chi connectivity index (χ0) is 21.3. The normalized spacial score (nSPS) is 14.8. The third kappa shape index (κ3) is 3.87. The summed E-state index contributed by atoms with van der Waals surface area (Å²) in [6, 6.07) is 5.40. The van der Waals surface area contributed by atoms with Gasteiger partial charge in [0.25, 0.3) is 11.5 Å². The molecule has 0 radical (unpaired) electrons. The first-order valence-electron chi connectivity index (χ1n) is 10.2. The van der Waals surface area contributed by atoms with Crippen LogP contribution in [0.2, 0.25) is 0 Å². The molecule has 0 saturated carbocycles. The number of amides is 1. The largest absolute Gasteiger partial charge is 0.488 e. The number of nitrogens with zero attached hydrogens (tertiary/aromatic N) is 4. The lowest BCUT2D eigenvalue weighted by Gasteiger charge is -2.32. The molecule has 4 rings (SSSR count). The second-order valence-electron chi connectivity index (χ2n) is 7.46. The zero-order valence-electron chi connectivity index (χ0n) is 17.4. The molecule has 4 heterocycles. The molecule has 1 saturated heterocycles. The number of H-pyrrole nitrogens is 1. The Hall–Kier alpha value is -3.36. The van der Waals surface area contributed by atoms with Gasteiger partial charge in [-0.15, -0.1) is 5.10 Å². The van der Waals surface area contributed by atoms with Crippen LogP contribution in [0.1, 0.15) is 41.5 Å². The Morgan fingerprint density at radius 3 is 2.77 bits per heavy atom. The van der Waals surface area contributed by atoms with Gasteiger partial charge < -0.3 is 19.9 Å². The second kappa shape index (κ2) is 8.17. The number of carbonyl (C=O) groups is 1. The van der Waals surface area contributed by atoms with Crippen LogP contribution in [0.25, 0.3) is 5.65 Å². The van der Waals surface area contributed by atoms with Gasteiger partial charge >= 0.3 is 0 Å². The lowest BCUT2D eigenvalue weighted by molar-refractivity contribution is 0.0957. The first kappa shape index (κ1) is 19.9. The van der Waals surface area contributed by atoms with E-state index in [1.54, 1.807) is 23.8 Å². The number of ether oxygens (including phenoxy) is 1. The molecule has 0 atom stereocenters. The predicted molar refractivity (Wildman–Crippen MR) is 113 cm³/mol. The summed E-state index contributed by atoms with van der Waals surface area (Å²) < 4.78 is 7.89. The highest BCUT2D eigenvalue weighted by atomic mass is 16.5. The van der Waals surface area contributed by atoms with Crippen molar-refractivity contribution in [3.63, 3.8) is 0 Å². The van der Waals surface area contributed by atoms with Gasteiger partial charge in [0.1, 0.15) is 23.2 Å². The monoisotopic (exact) mass is 410 g/mol. The van der Waals surface area contributed by atoms with Gasteiger partial charge in [-0.05, 0) is 25.5 Å². The summed E-state index contributed by atoms with van der Waals surface area (Å²) in [6.07, 6.45) is 4.24. The van der Waals surface area contributed by atoms with Crippen molar-refractivity contribution in [2.75, 3.05) is 25.0 Å². The van der Waals surface area contributed by atoms with E-state index in [2.05, 4.69) is 25.3 Å². The SMILES string of the molecule is CCc1cn2nc(N3CCC(Oc4ccc(C(=O)NC)nc4C)CC3)cc2[nH]c1=O. The van der Waals surface area contributed by atoms with Gasteiger partial charge in [-0.3, -0.25) is 9.59 Å². The van der Waals surface area contributed by atoms with E-state index in [-0.39, 0.29) is 17.6 Å². The first-order chi connectivity index (χ1) is 14.5. The standard InChI is InChI=1S/C21H26N6O3/c1-4-14-12-27-18(24-20(14)28)11-19(25-27)26-9-7-15(8-10-26)30-17-6-5-16(21(29)22-3)23-13(17)2/h5-6,11-12,15H,4,7-10H2,1-3H3,(H,22,29)(H,24,28). The van der Waals surface area contributed by atoms with E-state index in [1.807, 2.05) is 26.0 Å². The van der Waals surface area contributed by atoms with Crippen LogP contribution in [0.3, 0.4) is 0 Å². The van der Waals surface area contributed by atoms with Gasteiger partial charge in [0.15, 0.2) is 5.82 Å². The molecule has 3 aromatic heterocycles. The van der Waals surface area contributed by atoms with Crippen LogP contribution in [0.15, 0.2) is 29.2 Å². The predicted octanol–water partition coefficient (Wildman–Crippen LogP) is 1.70. The Labute approximate surface area is 174 Å². The highest BCUT2D eigenvalue weighted by Gasteiger charge is 2.23. The Balaban J connectivity index is 1.41. The van der Waals surface area contributed by atoms with Crippen molar-refractivity contribution < 1.29 is 9.53 Å². The minimum Gasteiger partial charge on any atom is -0.488 e. The molecule has 30 heavy (non-hydrogen) atoms. The molecule has 1 amide bonds. The maximum Gasteiger partial charge on any atom is 0.269 e. The topological polar surface area (TPSA) is 105 Å². The Morgan fingerprint density at radius 1 is 1.33 bits per heavy atom. The smallest absolute Gasteiger partial charge is 0.269 e. The molecule has 3 aromatic rings. The van der Waals surface area contributed by atoms with Gasteiger partial charge in [-0.1, -0.05) is 6.92 Å². The van der Waals surface area contributed by atoms with Crippen LogP contribution in [0.4, 0.5) is 5.82 Å². The number of piperidine rings is 1. The minimum atomic E-state index is -0.210. The van der Waals surface area contributed by atoms with E-state index >= 15 is 0 Å². The van der Waals surface area contributed by atoms with Crippen molar-refractivity contribution in [1.82, 2.24) is 24.9 Å². The van der Waals surface area contributed by atoms with Gasteiger partial charge in [0.2, 0.25) is 0 Å². The number of anilines is 1. The number of fused-ring (bicyclic) bond motifs is 1. The molecule has 158 valence electrons. The second-order valence-corrected chi connectivity index (χ2v) is 7.46. The first-order valence-corrected chi connectivity index (χ1v) is 10.2. The van der Waals surface area contributed by atoms with Crippen molar-refractivity contribution in [2.24, 2.45) is 0 Å². The number of aryl methyl sites for hydroxylation is 2. The number of nitrogens with one attached hydrogen (secondary N) is 2.